The summed E-state index contributed by atoms with van der Waals surface area (Å²) in [5, 5.41) is 3.71. The van der Waals surface area contributed by atoms with Gasteiger partial charge in [-0.05, 0) is 68.1 Å². The van der Waals surface area contributed by atoms with E-state index in [1.165, 1.54) is 0 Å². The summed E-state index contributed by atoms with van der Waals surface area (Å²) in [6.45, 7) is 4.90. The Bertz CT molecular complexity index is 1390. The summed E-state index contributed by atoms with van der Waals surface area (Å²) in [6, 6.07) is 18.6. The van der Waals surface area contributed by atoms with E-state index in [0.717, 1.165) is 35.0 Å². The first-order valence-electron chi connectivity index (χ1n) is 12.2. The first-order valence-corrected chi connectivity index (χ1v) is 12.2. The van der Waals surface area contributed by atoms with Crippen LogP contribution < -0.4 is 5.32 Å². The Morgan fingerprint density at radius 2 is 1.94 bits per heavy atom. The van der Waals surface area contributed by atoms with Crippen LogP contribution in [-0.4, -0.2) is 47.5 Å². The first-order chi connectivity index (χ1) is 17.5. The number of pyridine rings is 1. The number of rotatable bonds is 7. The summed E-state index contributed by atoms with van der Waals surface area (Å²) in [5.41, 5.74) is 4.58. The van der Waals surface area contributed by atoms with Crippen LogP contribution in [0.5, 0.6) is 0 Å². The van der Waals surface area contributed by atoms with Crippen molar-refractivity contribution in [2.24, 2.45) is 0 Å². The number of ether oxygens (including phenoxy) is 1. The van der Waals surface area contributed by atoms with Crippen LogP contribution in [0, 0.1) is 13.8 Å². The molecule has 1 fully saturated rings. The standard InChI is InChI=1S/C29H29N3O4/c1-19-8-5-12-24(20(19)2)31-28(33)18-32(17-21-9-6-14-35-21)29(34)23-16-26(27-13-7-15-36-27)30-25-11-4-3-10-22(23)25/h3-5,7-8,10-13,15-16,21H,6,9,14,17-18H2,1-2H3,(H,31,33). The highest BCUT2D eigenvalue weighted by molar-refractivity contribution is 6.08. The minimum atomic E-state index is -0.250. The number of aryl methyl sites for hydroxylation is 1. The molecule has 184 valence electrons. The van der Waals surface area contributed by atoms with Gasteiger partial charge in [-0.25, -0.2) is 4.98 Å². The summed E-state index contributed by atoms with van der Waals surface area (Å²) >= 11 is 0. The average molecular weight is 484 g/mol. The van der Waals surface area contributed by atoms with Crippen LogP contribution in [0.4, 0.5) is 5.69 Å². The highest BCUT2D eigenvalue weighted by Crippen LogP contribution is 2.27. The van der Waals surface area contributed by atoms with Gasteiger partial charge in [-0.15, -0.1) is 0 Å². The van der Waals surface area contributed by atoms with E-state index in [4.69, 9.17) is 9.15 Å². The number of carbonyl (C=O) groups is 2. The number of hydrogen-bond donors (Lipinski definition) is 1. The van der Waals surface area contributed by atoms with E-state index in [-0.39, 0.29) is 24.5 Å². The first kappa shape index (κ1) is 23.8. The molecule has 1 aliphatic rings. The molecule has 1 saturated heterocycles. The fourth-order valence-electron chi connectivity index (χ4n) is 4.58. The normalized spacial score (nSPS) is 15.2. The van der Waals surface area contributed by atoms with Gasteiger partial charge in [0.1, 0.15) is 12.2 Å². The summed E-state index contributed by atoms with van der Waals surface area (Å²) in [4.78, 5) is 33.4. The third kappa shape index (κ3) is 5.02. The fraction of sp³-hybridized carbons (Fsp3) is 0.276. The van der Waals surface area contributed by atoms with E-state index in [0.29, 0.717) is 35.7 Å². The van der Waals surface area contributed by atoms with Crippen molar-refractivity contribution in [2.75, 3.05) is 25.0 Å². The molecular weight excluding hydrogens is 454 g/mol. The summed E-state index contributed by atoms with van der Waals surface area (Å²) in [5.74, 6) is 0.0841. The lowest BCUT2D eigenvalue weighted by Gasteiger charge is -2.26. The van der Waals surface area contributed by atoms with Crippen molar-refractivity contribution in [2.45, 2.75) is 32.8 Å². The van der Waals surface area contributed by atoms with Crippen LogP contribution in [0.15, 0.2) is 71.3 Å². The number of fused-ring (bicyclic) bond motifs is 1. The molecule has 3 heterocycles. The topological polar surface area (TPSA) is 84.7 Å². The van der Waals surface area contributed by atoms with Crippen LogP contribution in [-0.2, 0) is 9.53 Å². The molecule has 1 unspecified atom stereocenters. The Hall–Kier alpha value is -3.97. The molecule has 0 spiro atoms. The zero-order valence-electron chi connectivity index (χ0n) is 20.5. The van der Waals surface area contributed by atoms with Gasteiger partial charge in [0, 0.05) is 24.2 Å². The van der Waals surface area contributed by atoms with E-state index in [1.54, 1.807) is 23.3 Å². The summed E-state index contributed by atoms with van der Waals surface area (Å²) < 4.78 is 11.4. The van der Waals surface area contributed by atoms with Crippen LogP contribution in [0.3, 0.4) is 0 Å². The second-order valence-electron chi connectivity index (χ2n) is 9.17. The lowest BCUT2D eigenvalue weighted by Crippen LogP contribution is -2.42. The summed E-state index contributed by atoms with van der Waals surface area (Å²) in [7, 11) is 0. The molecule has 1 atom stereocenters. The van der Waals surface area contributed by atoms with Crippen LogP contribution in [0.2, 0.25) is 0 Å². The van der Waals surface area contributed by atoms with E-state index in [9.17, 15) is 9.59 Å². The van der Waals surface area contributed by atoms with Gasteiger partial charge in [0.25, 0.3) is 5.91 Å². The van der Waals surface area contributed by atoms with Gasteiger partial charge >= 0.3 is 0 Å². The SMILES string of the molecule is Cc1cccc(NC(=O)CN(CC2CCCO2)C(=O)c2cc(-c3ccco3)nc3ccccc23)c1C. The Labute approximate surface area is 210 Å². The Balaban J connectivity index is 1.48. The maximum atomic E-state index is 14.0. The highest BCUT2D eigenvalue weighted by atomic mass is 16.5. The van der Waals surface area contributed by atoms with Crippen molar-refractivity contribution in [1.82, 2.24) is 9.88 Å². The minimum absolute atomic E-state index is 0.0845. The molecule has 2 aromatic heterocycles. The smallest absolute Gasteiger partial charge is 0.255 e. The van der Waals surface area contributed by atoms with Crippen LogP contribution >= 0.6 is 0 Å². The van der Waals surface area contributed by atoms with E-state index >= 15 is 0 Å². The molecule has 0 bridgehead atoms. The quantitative estimate of drug-likeness (QED) is 0.382. The number of nitrogens with zero attached hydrogens (tertiary/aromatic N) is 2. The van der Waals surface area contributed by atoms with Crippen molar-refractivity contribution in [3.8, 4) is 11.5 Å². The Kier molecular flexibility index (Phi) is 6.82. The van der Waals surface area contributed by atoms with Gasteiger partial charge in [-0.2, -0.15) is 0 Å². The molecule has 0 aliphatic carbocycles. The van der Waals surface area contributed by atoms with Gasteiger partial charge < -0.3 is 19.4 Å². The predicted molar refractivity (Wildman–Crippen MR) is 139 cm³/mol. The molecule has 1 N–H and O–H groups in total. The molecule has 0 saturated carbocycles. The van der Waals surface area contributed by atoms with Gasteiger partial charge in [-0.1, -0.05) is 30.3 Å². The molecule has 7 nitrogen and oxygen atoms in total. The molecule has 0 radical (unpaired) electrons. The second-order valence-corrected chi connectivity index (χ2v) is 9.17. The van der Waals surface area contributed by atoms with Gasteiger partial charge in [0.05, 0.1) is 23.4 Å². The number of aromatic nitrogens is 1. The van der Waals surface area contributed by atoms with Crippen LogP contribution in [0.1, 0.15) is 34.3 Å². The van der Waals surface area contributed by atoms with Crippen molar-refractivity contribution < 1.29 is 18.7 Å². The van der Waals surface area contributed by atoms with Crippen molar-refractivity contribution >= 4 is 28.4 Å². The number of nitrogens with one attached hydrogen (secondary N) is 1. The average Bonchev–Trinajstić information content (AvgIpc) is 3.60. The molecule has 2 amide bonds. The number of amides is 2. The minimum Gasteiger partial charge on any atom is -0.463 e. The highest BCUT2D eigenvalue weighted by Gasteiger charge is 2.27. The van der Waals surface area contributed by atoms with Gasteiger partial charge in [0.2, 0.25) is 5.91 Å². The molecule has 2 aromatic carbocycles. The van der Waals surface area contributed by atoms with Gasteiger partial charge in [0.15, 0.2) is 5.76 Å². The number of benzene rings is 2. The third-order valence-electron chi connectivity index (χ3n) is 6.67. The van der Waals surface area contributed by atoms with Crippen molar-refractivity contribution in [3.05, 3.63) is 83.6 Å². The lowest BCUT2D eigenvalue weighted by molar-refractivity contribution is -0.117. The number of para-hydroxylation sites is 1. The van der Waals surface area contributed by atoms with Gasteiger partial charge in [-0.3, -0.25) is 9.59 Å². The summed E-state index contributed by atoms with van der Waals surface area (Å²) in [6.07, 6.45) is 3.29. The Morgan fingerprint density at radius 3 is 2.72 bits per heavy atom. The molecule has 7 heteroatoms. The molecular formula is C29H29N3O4. The van der Waals surface area contributed by atoms with E-state index in [1.807, 2.05) is 62.4 Å². The lowest BCUT2D eigenvalue weighted by atomic mass is 10.0. The van der Waals surface area contributed by atoms with E-state index in [2.05, 4.69) is 10.3 Å². The fourth-order valence-corrected chi connectivity index (χ4v) is 4.58. The zero-order valence-corrected chi connectivity index (χ0v) is 20.5. The number of carbonyl (C=O) groups excluding carboxylic acids is 2. The molecule has 4 aromatic rings. The van der Waals surface area contributed by atoms with E-state index < -0.39 is 0 Å². The Morgan fingerprint density at radius 1 is 1.08 bits per heavy atom. The molecule has 5 rings (SSSR count). The van der Waals surface area contributed by atoms with Crippen molar-refractivity contribution in [3.63, 3.8) is 0 Å². The monoisotopic (exact) mass is 483 g/mol. The van der Waals surface area contributed by atoms with Crippen molar-refractivity contribution in [1.29, 1.82) is 0 Å². The predicted octanol–water partition coefficient (Wildman–Crippen LogP) is 5.37. The number of anilines is 1. The second kappa shape index (κ2) is 10.3. The number of furan rings is 1. The molecule has 36 heavy (non-hydrogen) atoms. The number of hydrogen-bond acceptors (Lipinski definition) is 5. The maximum Gasteiger partial charge on any atom is 0.255 e. The zero-order chi connectivity index (χ0) is 25.1. The largest absolute Gasteiger partial charge is 0.463 e. The maximum absolute atomic E-state index is 14.0. The third-order valence-corrected chi connectivity index (χ3v) is 6.67. The van der Waals surface area contributed by atoms with Crippen LogP contribution in [0.25, 0.3) is 22.4 Å². The molecule has 1 aliphatic heterocycles.